The molecular formula is C22H20N8O2. The second-order valence-corrected chi connectivity index (χ2v) is 7.29. The van der Waals surface area contributed by atoms with E-state index in [2.05, 4.69) is 25.0 Å². The van der Waals surface area contributed by atoms with Crippen molar-refractivity contribution in [1.82, 2.24) is 39.1 Å². The molecule has 160 valence electrons. The minimum atomic E-state index is -0.128. The molecule has 0 saturated carbocycles. The molecule has 0 amide bonds. The molecule has 0 saturated heterocycles. The van der Waals surface area contributed by atoms with Crippen molar-refractivity contribution in [2.24, 2.45) is 0 Å². The number of aromatic nitrogens is 8. The third-order valence-corrected chi connectivity index (χ3v) is 5.08. The number of ketones is 1. The number of fused-ring (bicyclic) bond motifs is 1. The van der Waals surface area contributed by atoms with Gasteiger partial charge in [-0.2, -0.15) is 5.10 Å². The molecule has 0 aliphatic heterocycles. The van der Waals surface area contributed by atoms with E-state index in [1.165, 1.54) is 6.92 Å². The molecule has 0 atom stereocenters. The van der Waals surface area contributed by atoms with Crippen molar-refractivity contribution in [2.75, 3.05) is 7.11 Å². The normalized spacial score (nSPS) is 11.2. The number of Topliss-reactive ketones (excluding diaryl/α,β-unsaturated/α-hetero) is 1. The maximum Gasteiger partial charge on any atom is 0.235 e. The number of carbonyl (C=O) groups is 1. The van der Waals surface area contributed by atoms with Crippen LogP contribution >= 0.6 is 0 Å². The standard InChI is InChI=1S/C22H20N8O2/c1-13(31)17-8-9-29-20(18-10-23-12-24-18)19(27-22(29)26-17)21-25-14(2)28-30(21)11-15-4-6-16(32-3)7-5-15/h4-10,12H,11H2,1-3H3,(H,23,24). The van der Waals surface area contributed by atoms with Crippen molar-refractivity contribution >= 4 is 11.6 Å². The van der Waals surface area contributed by atoms with Crippen LogP contribution in [0.15, 0.2) is 49.1 Å². The van der Waals surface area contributed by atoms with E-state index >= 15 is 0 Å². The van der Waals surface area contributed by atoms with Gasteiger partial charge in [0.1, 0.15) is 34.3 Å². The molecule has 0 unspecified atom stereocenters. The van der Waals surface area contributed by atoms with Gasteiger partial charge in [-0.15, -0.1) is 0 Å². The number of nitrogens with one attached hydrogen (secondary N) is 1. The summed E-state index contributed by atoms with van der Waals surface area (Å²) in [6, 6.07) is 9.46. The number of aryl methyl sites for hydroxylation is 1. The SMILES string of the molecule is COc1ccc(Cn2nc(C)nc2-c2nc3nc(C(C)=O)ccn3c2-c2c[nH]cn2)cc1. The van der Waals surface area contributed by atoms with Crippen LogP contribution in [0.3, 0.4) is 0 Å². The van der Waals surface area contributed by atoms with Gasteiger partial charge in [0.2, 0.25) is 5.78 Å². The molecule has 10 heteroatoms. The zero-order chi connectivity index (χ0) is 22.2. The number of aromatic amines is 1. The average molecular weight is 428 g/mol. The fourth-order valence-corrected chi connectivity index (χ4v) is 3.56. The Hall–Kier alpha value is -4.34. The van der Waals surface area contributed by atoms with Gasteiger partial charge in [-0.25, -0.2) is 24.6 Å². The summed E-state index contributed by atoms with van der Waals surface area (Å²) < 4.78 is 8.86. The molecule has 0 spiro atoms. The van der Waals surface area contributed by atoms with Crippen molar-refractivity contribution in [1.29, 1.82) is 0 Å². The van der Waals surface area contributed by atoms with Crippen molar-refractivity contribution in [3.05, 3.63) is 66.1 Å². The lowest BCUT2D eigenvalue weighted by molar-refractivity contribution is 0.101. The Bertz CT molecular complexity index is 1410. The number of H-pyrrole nitrogens is 1. The number of rotatable bonds is 6. The molecular weight excluding hydrogens is 408 g/mol. The van der Waals surface area contributed by atoms with Gasteiger partial charge in [0.15, 0.2) is 11.6 Å². The van der Waals surface area contributed by atoms with Gasteiger partial charge in [-0.05, 0) is 30.7 Å². The molecule has 0 fully saturated rings. The third kappa shape index (κ3) is 3.41. The summed E-state index contributed by atoms with van der Waals surface area (Å²) in [7, 11) is 1.64. The summed E-state index contributed by atoms with van der Waals surface area (Å²) in [5.74, 6) is 2.26. The Kier molecular flexibility index (Phi) is 4.74. The summed E-state index contributed by atoms with van der Waals surface area (Å²) in [6.07, 6.45) is 5.16. The Morgan fingerprint density at radius 3 is 2.62 bits per heavy atom. The lowest BCUT2D eigenvalue weighted by atomic mass is 10.2. The average Bonchev–Trinajstić information content (AvgIpc) is 3.51. The first-order valence-electron chi connectivity index (χ1n) is 9.97. The van der Waals surface area contributed by atoms with Gasteiger partial charge >= 0.3 is 0 Å². The quantitative estimate of drug-likeness (QED) is 0.413. The number of carbonyl (C=O) groups excluding carboxylic acids is 1. The van der Waals surface area contributed by atoms with Crippen LogP contribution in [0, 0.1) is 6.92 Å². The summed E-state index contributed by atoms with van der Waals surface area (Å²) in [6.45, 7) is 3.82. The van der Waals surface area contributed by atoms with Crippen LogP contribution in [-0.4, -0.2) is 52.0 Å². The molecule has 0 aliphatic rings. The Morgan fingerprint density at radius 1 is 1.12 bits per heavy atom. The highest BCUT2D eigenvalue weighted by molar-refractivity contribution is 5.92. The van der Waals surface area contributed by atoms with Gasteiger partial charge in [0, 0.05) is 19.3 Å². The predicted molar refractivity (Wildman–Crippen MR) is 116 cm³/mol. The predicted octanol–water partition coefficient (Wildman–Crippen LogP) is 2.95. The van der Waals surface area contributed by atoms with Crippen LogP contribution in [0.5, 0.6) is 5.75 Å². The summed E-state index contributed by atoms with van der Waals surface area (Å²) >= 11 is 0. The Balaban J connectivity index is 1.67. The number of nitrogens with zero attached hydrogens (tertiary/aromatic N) is 7. The van der Waals surface area contributed by atoms with E-state index < -0.39 is 0 Å². The molecule has 0 aliphatic carbocycles. The number of hydrogen-bond donors (Lipinski definition) is 1. The van der Waals surface area contributed by atoms with Crippen LogP contribution in [0.1, 0.15) is 28.8 Å². The third-order valence-electron chi connectivity index (χ3n) is 5.08. The summed E-state index contributed by atoms with van der Waals surface area (Å²) in [5.41, 5.74) is 3.37. The second kappa shape index (κ2) is 7.73. The number of hydrogen-bond acceptors (Lipinski definition) is 7. The minimum absolute atomic E-state index is 0.128. The van der Waals surface area contributed by atoms with Gasteiger partial charge in [-0.3, -0.25) is 9.20 Å². The molecule has 0 bridgehead atoms. The van der Waals surface area contributed by atoms with E-state index in [9.17, 15) is 4.79 Å². The van der Waals surface area contributed by atoms with Gasteiger partial charge < -0.3 is 9.72 Å². The number of ether oxygens (including phenoxy) is 1. The molecule has 4 aromatic heterocycles. The van der Waals surface area contributed by atoms with E-state index in [-0.39, 0.29) is 5.78 Å². The number of benzene rings is 1. The largest absolute Gasteiger partial charge is 0.497 e. The van der Waals surface area contributed by atoms with Gasteiger partial charge in [0.05, 0.1) is 20.0 Å². The van der Waals surface area contributed by atoms with Crippen molar-refractivity contribution < 1.29 is 9.53 Å². The Labute approximate surface area is 183 Å². The summed E-state index contributed by atoms with van der Waals surface area (Å²) in [5, 5.41) is 4.59. The van der Waals surface area contributed by atoms with E-state index in [1.54, 1.807) is 41.0 Å². The van der Waals surface area contributed by atoms with Crippen molar-refractivity contribution in [3.8, 4) is 28.7 Å². The van der Waals surface area contributed by atoms with E-state index in [0.717, 1.165) is 11.3 Å². The first-order chi connectivity index (χ1) is 15.5. The van der Waals surface area contributed by atoms with Gasteiger partial charge in [0.25, 0.3) is 0 Å². The van der Waals surface area contributed by atoms with Crippen molar-refractivity contribution in [2.45, 2.75) is 20.4 Å². The highest BCUT2D eigenvalue weighted by Gasteiger charge is 2.23. The zero-order valence-electron chi connectivity index (χ0n) is 17.8. The molecule has 1 N–H and O–H groups in total. The number of methoxy groups -OCH3 is 1. The molecule has 4 heterocycles. The molecule has 5 rings (SSSR count). The molecule has 0 radical (unpaired) electrons. The van der Waals surface area contributed by atoms with Crippen LogP contribution in [0.2, 0.25) is 0 Å². The lowest BCUT2D eigenvalue weighted by Crippen LogP contribution is -2.05. The van der Waals surface area contributed by atoms with E-state index in [4.69, 9.17) is 9.72 Å². The maximum absolute atomic E-state index is 11.8. The highest BCUT2D eigenvalue weighted by atomic mass is 16.5. The fourth-order valence-electron chi connectivity index (χ4n) is 3.56. The van der Waals surface area contributed by atoms with E-state index in [0.29, 0.717) is 46.7 Å². The van der Waals surface area contributed by atoms with Crippen LogP contribution < -0.4 is 4.74 Å². The Morgan fingerprint density at radius 2 is 1.94 bits per heavy atom. The monoisotopic (exact) mass is 428 g/mol. The topological polar surface area (TPSA) is 116 Å². The van der Waals surface area contributed by atoms with Crippen LogP contribution in [0.25, 0.3) is 28.7 Å². The highest BCUT2D eigenvalue weighted by Crippen LogP contribution is 2.30. The van der Waals surface area contributed by atoms with Gasteiger partial charge in [-0.1, -0.05) is 12.1 Å². The fraction of sp³-hybridized carbons (Fsp3) is 0.182. The van der Waals surface area contributed by atoms with Crippen molar-refractivity contribution in [3.63, 3.8) is 0 Å². The van der Waals surface area contributed by atoms with E-state index in [1.807, 2.05) is 31.2 Å². The molecule has 32 heavy (non-hydrogen) atoms. The lowest BCUT2D eigenvalue weighted by Gasteiger charge is -2.07. The minimum Gasteiger partial charge on any atom is -0.497 e. The molecule has 5 aromatic rings. The first-order valence-corrected chi connectivity index (χ1v) is 9.97. The maximum atomic E-state index is 11.8. The smallest absolute Gasteiger partial charge is 0.235 e. The first kappa shape index (κ1) is 19.6. The molecule has 10 nitrogen and oxygen atoms in total. The molecule has 1 aromatic carbocycles. The van der Waals surface area contributed by atoms with Crippen LogP contribution in [0.4, 0.5) is 0 Å². The second-order valence-electron chi connectivity index (χ2n) is 7.29. The summed E-state index contributed by atoms with van der Waals surface area (Å²) in [4.78, 5) is 33.0. The van der Waals surface area contributed by atoms with Crippen LogP contribution in [-0.2, 0) is 6.54 Å². The number of imidazole rings is 2. The zero-order valence-corrected chi connectivity index (χ0v) is 17.8.